The molecule has 0 fully saturated rings. The second-order valence-electron chi connectivity index (χ2n) is 2.39. The lowest BCUT2D eigenvalue weighted by molar-refractivity contribution is -0.112. The normalized spacial score (nSPS) is 9.36. The summed E-state index contributed by atoms with van der Waals surface area (Å²) in [6, 6.07) is 9.42. The fourth-order valence-electron chi connectivity index (χ4n) is 0.793. The zero-order valence-corrected chi connectivity index (χ0v) is 13.4. The van der Waals surface area contributed by atoms with Crippen LogP contribution in [0.1, 0.15) is 0 Å². The molecule has 0 spiro atoms. The van der Waals surface area contributed by atoms with Crippen LogP contribution in [0.2, 0.25) is 0 Å². The zero-order chi connectivity index (χ0) is 10.6. The van der Waals surface area contributed by atoms with E-state index in [4.69, 9.17) is 0 Å². The maximum Gasteiger partial charge on any atom is 0.263 e. The van der Waals surface area contributed by atoms with Crippen LogP contribution < -0.4 is 5.32 Å². The van der Waals surface area contributed by atoms with Crippen LogP contribution in [-0.4, -0.2) is 5.91 Å². The maximum absolute atomic E-state index is 11.6. The molecule has 1 N–H and O–H groups in total. The molecule has 0 saturated carbocycles. The van der Waals surface area contributed by atoms with Gasteiger partial charge in [0.2, 0.25) is 0 Å². The lowest BCUT2D eigenvalue weighted by Gasteiger charge is -2.03. The van der Waals surface area contributed by atoms with Crippen molar-refractivity contribution in [3.8, 4) is 0 Å². The Morgan fingerprint density at radius 3 is 2.14 bits per heavy atom. The molecule has 0 bridgehead atoms. The summed E-state index contributed by atoms with van der Waals surface area (Å²) in [6.45, 7) is 0. The van der Waals surface area contributed by atoms with Crippen LogP contribution in [0, 0.1) is 0 Å². The molecule has 5 heteroatoms. The molecule has 14 heavy (non-hydrogen) atoms. The minimum Gasteiger partial charge on any atom is -0.322 e. The van der Waals surface area contributed by atoms with Crippen LogP contribution >= 0.6 is 67.8 Å². The Labute approximate surface area is 123 Å². The summed E-state index contributed by atoms with van der Waals surface area (Å²) in [5, 5.41) is 2.81. The van der Waals surface area contributed by atoms with Crippen molar-refractivity contribution in [3.05, 3.63) is 35.5 Å². The van der Waals surface area contributed by atoms with Gasteiger partial charge in [-0.3, -0.25) is 4.79 Å². The second kappa shape index (κ2) is 6.26. The van der Waals surface area contributed by atoms with Crippen LogP contribution in [-0.2, 0) is 4.79 Å². The van der Waals surface area contributed by atoms with E-state index < -0.39 is 0 Å². The third kappa shape index (κ3) is 4.01. The van der Waals surface area contributed by atoms with E-state index in [1.54, 1.807) is 0 Å². The molecule has 1 rings (SSSR count). The van der Waals surface area contributed by atoms with E-state index >= 15 is 0 Å². The highest BCUT2D eigenvalue weighted by atomic mass is 127. The van der Waals surface area contributed by atoms with E-state index in [9.17, 15) is 4.79 Å². The van der Waals surface area contributed by atoms with Gasteiger partial charge in [0.1, 0.15) is 0 Å². The molecule has 2 nitrogen and oxygen atoms in total. The summed E-state index contributed by atoms with van der Waals surface area (Å²) >= 11 is 6.29. The number of carbonyl (C=O) groups is 1. The first-order valence-corrected chi connectivity index (χ1v) is 6.92. The molecule has 0 atom stereocenters. The zero-order valence-electron chi connectivity index (χ0n) is 6.93. The first-order chi connectivity index (χ1) is 6.61. The average Bonchev–Trinajstić information content (AvgIpc) is 2.18. The van der Waals surface area contributed by atoms with Crippen molar-refractivity contribution < 1.29 is 4.79 Å². The maximum atomic E-state index is 11.6. The Kier molecular flexibility index (Phi) is 5.67. The first kappa shape index (κ1) is 12.7. The number of para-hydroxylation sites is 1. The number of carbonyl (C=O) groups excluding carboxylic acids is 1. The highest BCUT2D eigenvalue weighted by Gasteiger charge is 2.08. The van der Waals surface area contributed by atoms with Gasteiger partial charge in [-0.25, -0.2) is 0 Å². The smallest absolute Gasteiger partial charge is 0.263 e. The van der Waals surface area contributed by atoms with Crippen molar-refractivity contribution in [1.82, 2.24) is 0 Å². The number of anilines is 1. The number of amides is 1. The lowest BCUT2D eigenvalue weighted by Crippen LogP contribution is -2.11. The summed E-state index contributed by atoms with van der Waals surface area (Å²) in [5.74, 6) is -0.0596. The topological polar surface area (TPSA) is 29.1 Å². The number of benzene rings is 1. The van der Waals surface area contributed by atoms with Gasteiger partial charge in [-0.15, -0.1) is 0 Å². The highest BCUT2D eigenvalue weighted by molar-refractivity contribution is 14.2. The van der Waals surface area contributed by atoms with E-state index in [0.717, 1.165) is 7.27 Å². The molecule has 1 aromatic carbocycles. The van der Waals surface area contributed by atoms with Gasteiger partial charge in [-0.05, 0) is 79.9 Å². The quantitative estimate of drug-likeness (QED) is 0.458. The molecule has 0 aliphatic carbocycles. The van der Waals surface area contributed by atoms with Crippen molar-refractivity contribution in [2.45, 2.75) is 0 Å². The van der Waals surface area contributed by atoms with E-state index in [2.05, 4.69) is 50.5 Å². The van der Waals surface area contributed by atoms with E-state index in [-0.39, 0.29) is 5.91 Å². The number of halogens is 3. The fourth-order valence-corrected chi connectivity index (χ4v) is 1.42. The van der Waals surface area contributed by atoms with E-state index in [1.807, 2.05) is 52.9 Å². The van der Waals surface area contributed by atoms with Crippen LogP contribution in [0.4, 0.5) is 5.69 Å². The Balaban J connectivity index is 2.72. The third-order valence-corrected chi connectivity index (χ3v) is 5.57. The van der Waals surface area contributed by atoms with Crippen LogP contribution in [0.3, 0.4) is 0 Å². The predicted octanol–water partition coefficient (Wildman–Crippen LogP) is 4.10. The summed E-state index contributed by atoms with van der Waals surface area (Å²) in [6.07, 6.45) is 0. The van der Waals surface area contributed by atoms with Crippen molar-refractivity contribution in [2.75, 3.05) is 5.32 Å². The van der Waals surface area contributed by atoms with Crippen LogP contribution in [0.25, 0.3) is 0 Å². The van der Waals surface area contributed by atoms with Gasteiger partial charge in [-0.1, -0.05) is 18.2 Å². The number of rotatable bonds is 2. The lowest BCUT2D eigenvalue weighted by atomic mass is 10.3. The van der Waals surface area contributed by atoms with Crippen molar-refractivity contribution in [2.24, 2.45) is 0 Å². The number of nitrogens with one attached hydrogen (secondary N) is 1. The molecule has 0 aliphatic heterocycles. The molecular formula is C9H6I3NO. The van der Waals surface area contributed by atoms with E-state index in [0.29, 0.717) is 3.58 Å². The van der Waals surface area contributed by atoms with Crippen molar-refractivity contribution in [1.29, 1.82) is 0 Å². The van der Waals surface area contributed by atoms with Gasteiger partial charge < -0.3 is 5.32 Å². The number of hydrogen-bond acceptors (Lipinski definition) is 1. The SMILES string of the molecule is O=C(Nc1ccccc1)C(I)=C(I)I. The molecule has 0 radical (unpaired) electrons. The Hall–Kier alpha value is 0.620. The molecular weight excluding hydrogens is 519 g/mol. The Bertz CT molecular complexity index is 358. The Morgan fingerprint density at radius 2 is 1.64 bits per heavy atom. The van der Waals surface area contributed by atoms with Crippen LogP contribution in [0.15, 0.2) is 35.5 Å². The van der Waals surface area contributed by atoms with Crippen molar-refractivity contribution >= 4 is 79.4 Å². The van der Waals surface area contributed by atoms with Gasteiger partial charge in [-0.2, -0.15) is 0 Å². The number of hydrogen-bond donors (Lipinski definition) is 1. The molecule has 0 saturated heterocycles. The minimum absolute atomic E-state index is 0.0596. The summed E-state index contributed by atoms with van der Waals surface area (Å²) in [5.41, 5.74) is 0.820. The Morgan fingerprint density at radius 1 is 1.07 bits per heavy atom. The molecule has 0 aromatic heterocycles. The predicted molar refractivity (Wildman–Crippen MR) is 84.2 cm³/mol. The second-order valence-corrected chi connectivity index (χ2v) is 7.69. The molecule has 1 aromatic rings. The van der Waals surface area contributed by atoms with Gasteiger partial charge in [0.15, 0.2) is 0 Å². The molecule has 0 aliphatic rings. The highest BCUT2D eigenvalue weighted by Crippen LogP contribution is 2.26. The third-order valence-electron chi connectivity index (χ3n) is 1.40. The van der Waals surface area contributed by atoms with Gasteiger partial charge in [0.05, 0.1) is 5.17 Å². The average molecular weight is 525 g/mol. The van der Waals surface area contributed by atoms with Gasteiger partial charge in [0, 0.05) is 5.69 Å². The molecule has 1 amide bonds. The van der Waals surface area contributed by atoms with E-state index in [1.165, 1.54) is 0 Å². The molecule has 0 heterocycles. The minimum atomic E-state index is -0.0596. The van der Waals surface area contributed by atoms with Crippen LogP contribution in [0.5, 0.6) is 0 Å². The van der Waals surface area contributed by atoms with Gasteiger partial charge in [0.25, 0.3) is 5.91 Å². The van der Waals surface area contributed by atoms with Crippen molar-refractivity contribution in [3.63, 3.8) is 0 Å². The standard InChI is InChI=1S/C9H6I3NO/c10-7(8(11)12)9(14)13-6-4-2-1-3-5-6/h1-5H,(H,13,14). The van der Waals surface area contributed by atoms with Gasteiger partial charge >= 0.3 is 0 Å². The molecule has 74 valence electrons. The summed E-state index contributed by atoms with van der Waals surface area (Å²) < 4.78 is 1.68. The summed E-state index contributed by atoms with van der Waals surface area (Å²) in [7, 11) is 0. The molecule has 0 unspecified atom stereocenters. The fraction of sp³-hybridized carbons (Fsp3) is 0. The monoisotopic (exact) mass is 525 g/mol. The largest absolute Gasteiger partial charge is 0.322 e. The first-order valence-electron chi connectivity index (χ1n) is 3.68. The summed E-state index contributed by atoms with van der Waals surface area (Å²) in [4.78, 5) is 11.6.